The molecule has 0 aliphatic carbocycles. The zero-order valence-corrected chi connectivity index (χ0v) is 13.9. The van der Waals surface area contributed by atoms with Gasteiger partial charge in [-0.25, -0.2) is 4.98 Å². The van der Waals surface area contributed by atoms with Gasteiger partial charge in [-0.05, 0) is 23.8 Å². The molecule has 1 aromatic heterocycles. The Morgan fingerprint density at radius 2 is 1.80 bits per heavy atom. The first kappa shape index (κ1) is 15.6. The van der Waals surface area contributed by atoms with Gasteiger partial charge < -0.3 is 15.1 Å². The van der Waals surface area contributed by atoms with Crippen LogP contribution in [0.2, 0.25) is 0 Å². The predicted molar refractivity (Wildman–Crippen MR) is 95.5 cm³/mol. The second kappa shape index (κ2) is 6.55. The van der Waals surface area contributed by atoms with Crippen molar-refractivity contribution in [2.45, 2.75) is 12.3 Å². The number of fused-ring (bicyclic) bond motifs is 1. The number of carbonyl (C=O) groups is 2. The van der Waals surface area contributed by atoms with E-state index in [-0.39, 0.29) is 24.2 Å². The fourth-order valence-corrected chi connectivity index (χ4v) is 3.55. The largest absolute Gasteiger partial charge is 0.353 e. The molecule has 0 radical (unpaired) electrons. The molecule has 1 atom stereocenters. The van der Waals surface area contributed by atoms with Crippen LogP contribution in [0.5, 0.6) is 0 Å². The third kappa shape index (κ3) is 3.07. The van der Waals surface area contributed by atoms with Gasteiger partial charge in [0, 0.05) is 44.5 Å². The minimum absolute atomic E-state index is 0.0444. The number of nitrogens with one attached hydrogen (secondary N) is 1. The van der Waals surface area contributed by atoms with Crippen molar-refractivity contribution in [1.82, 2.24) is 9.88 Å². The van der Waals surface area contributed by atoms with Crippen molar-refractivity contribution in [3.8, 4) is 0 Å². The minimum atomic E-state index is -0.383. The third-order valence-corrected chi connectivity index (χ3v) is 4.86. The average Bonchev–Trinajstić information content (AvgIpc) is 2.67. The summed E-state index contributed by atoms with van der Waals surface area (Å²) < 4.78 is 0. The lowest BCUT2D eigenvalue weighted by atomic mass is 9.89. The van der Waals surface area contributed by atoms with Gasteiger partial charge >= 0.3 is 0 Å². The number of amides is 2. The Morgan fingerprint density at radius 3 is 2.56 bits per heavy atom. The molecule has 2 amide bonds. The van der Waals surface area contributed by atoms with Crippen molar-refractivity contribution >= 4 is 23.3 Å². The summed E-state index contributed by atoms with van der Waals surface area (Å²) in [6, 6.07) is 13.4. The summed E-state index contributed by atoms with van der Waals surface area (Å²) >= 11 is 0. The molecule has 0 bridgehead atoms. The molecule has 2 aliphatic rings. The summed E-state index contributed by atoms with van der Waals surface area (Å²) in [5.74, 6) is 0.510. The molecule has 6 nitrogen and oxygen atoms in total. The van der Waals surface area contributed by atoms with Crippen LogP contribution >= 0.6 is 0 Å². The van der Waals surface area contributed by atoms with Crippen molar-refractivity contribution in [2.24, 2.45) is 0 Å². The standard InChI is InChI=1S/C19H20N4O2/c24-18-13-15(14-5-1-2-6-16(14)21-18)19(25)23-11-9-22(10-12-23)17-7-3-4-8-20-17/h1-8,15H,9-13H2,(H,21,24). The molecule has 1 fully saturated rings. The first-order chi connectivity index (χ1) is 12.2. The highest BCUT2D eigenvalue weighted by Crippen LogP contribution is 2.33. The smallest absolute Gasteiger partial charge is 0.230 e. The summed E-state index contributed by atoms with van der Waals surface area (Å²) in [5.41, 5.74) is 1.67. The predicted octanol–water partition coefficient (Wildman–Crippen LogP) is 1.86. The van der Waals surface area contributed by atoms with Crippen LogP contribution in [0, 0.1) is 0 Å². The molecule has 128 valence electrons. The molecular formula is C19H20N4O2. The van der Waals surface area contributed by atoms with Gasteiger partial charge in [0.05, 0.1) is 5.92 Å². The van der Waals surface area contributed by atoms with Crippen LogP contribution in [-0.2, 0) is 9.59 Å². The molecule has 25 heavy (non-hydrogen) atoms. The fourth-order valence-electron chi connectivity index (χ4n) is 3.55. The van der Waals surface area contributed by atoms with E-state index in [4.69, 9.17) is 0 Å². The van der Waals surface area contributed by atoms with Crippen molar-refractivity contribution in [3.05, 3.63) is 54.2 Å². The number of benzene rings is 1. The Kier molecular flexibility index (Phi) is 4.09. The van der Waals surface area contributed by atoms with Crippen LogP contribution in [0.1, 0.15) is 17.9 Å². The highest BCUT2D eigenvalue weighted by atomic mass is 16.2. The van der Waals surface area contributed by atoms with Crippen LogP contribution in [0.15, 0.2) is 48.7 Å². The SMILES string of the molecule is O=C1CC(C(=O)N2CCN(c3ccccn3)CC2)c2ccccc2N1. The molecule has 3 heterocycles. The zero-order valence-electron chi connectivity index (χ0n) is 13.9. The van der Waals surface area contributed by atoms with E-state index >= 15 is 0 Å². The fraction of sp³-hybridized carbons (Fsp3) is 0.316. The number of piperazine rings is 1. The molecular weight excluding hydrogens is 316 g/mol. The maximum absolute atomic E-state index is 13.0. The lowest BCUT2D eigenvalue weighted by Gasteiger charge is -2.37. The first-order valence-electron chi connectivity index (χ1n) is 8.56. The molecule has 0 spiro atoms. The topological polar surface area (TPSA) is 65.5 Å². The molecule has 2 aliphatic heterocycles. The quantitative estimate of drug-likeness (QED) is 0.909. The summed E-state index contributed by atoms with van der Waals surface area (Å²) in [4.78, 5) is 33.4. The Hall–Kier alpha value is -2.89. The van der Waals surface area contributed by atoms with Crippen molar-refractivity contribution in [1.29, 1.82) is 0 Å². The van der Waals surface area contributed by atoms with E-state index in [0.717, 1.165) is 30.2 Å². The Bertz CT molecular complexity index is 785. The summed E-state index contributed by atoms with van der Waals surface area (Å²) in [7, 11) is 0. The van der Waals surface area contributed by atoms with Gasteiger partial charge in [0.1, 0.15) is 5.82 Å². The monoisotopic (exact) mass is 336 g/mol. The van der Waals surface area contributed by atoms with E-state index in [0.29, 0.717) is 13.1 Å². The number of aromatic nitrogens is 1. The summed E-state index contributed by atoms with van der Waals surface area (Å²) in [6.45, 7) is 2.80. The van der Waals surface area contributed by atoms with Gasteiger partial charge in [0.25, 0.3) is 0 Å². The summed E-state index contributed by atoms with van der Waals surface area (Å²) in [6.07, 6.45) is 2.00. The van der Waals surface area contributed by atoms with Crippen LogP contribution in [0.4, 0.5) is 11.5 Å². The number of nitrogens with zero attached hydrogens (tertiary/aromatic N) is 3. The number of anilines is 2. The molecule has 4 rings (SSSR count). The van der Waals surface area contributed by atoms with Gasteiger partial charge in [0.2, 0.25) is 11.8 Å². The van der Waals surface area contributed by atoms with E-state index in [1.165, 1.54) is 0 Å². The van der Waals surface area contributed by atoms with Gasteiger partial charge in [-0.1, -0.05) is 24.3 Å². The number of hydrogen-bond donors (Lipinski definition) is 1. The van der Waals surface area contributed by atoms with E-state index in [2.05, 4.69) is 15.2 Å². The number of para-hydroxylation sites is 1. The van der Waals surface area contributed by atoms with Crippen molar-refractivity contribution in [3.63, 3.8) is 0 Å². The van der Waals surface area contributed by atoms with Gasteiger partial charge in [-0.3, -0.25) is 9.59 Å². The molecule has 1 saturated heterocycles. The summed E-state index contributed by atoms with van der Waals surface area (Å²) in [5, 5.41) is 2.85. The van der Waals surface area contributed by atoms with E-state index in [9.17, 15) is 9.59 Å². The maximum atomic E-state index is 13.0. The van der Waals surface area contributed by atoms with Gasteiger partial charge in [-0.15, -0.1) is 0 Å². The average molecular weight is 336 g/mol. The molecule has 6 heteroatoms. The van der Waals surface area contributed by atoms with Crippen molar-refractivity contribution in [2.75, 3.05) is 36.4 Å². The normalized spacial score (nSPS) is 20.0. The second-order valence-electron chi connectivity index (χ2n) is 6.39. The lowest BCUT2D eigenvalue weighted by Crippen LogP contribution is -2.50. The maximum Gasteiger partial charge on any atom is 0.230 e. The lowest BCUT2D eigenvalue weighted by molar-refractivity contribution is -0.135. The number of carbonyl (C=O) groups excluding carboxylic acids is 2. The van der Waals surface area contributed by atoms with Crippen molar-refractivity contribution < 1.29 is 9.59 Å². The van der Waals surface area contributed by atoms with E-state index in [1.54, 1.807) is 6.20 Å². The van der Waals surface area contributed by atoms with E-state index in [1.807, 2.05) is 47.4 Å². The zero-order chi connectivity index (χ0) is 17.2. The van der Waals surface area contributed by atoms with Crippen LogP contribution in [-0.4, -0.2) is 47.9 Å². The van der Waals surface area contributed by atoms with Gasteiger partial charge in [0.15, 0.2) is 0 Å². The molecule has 1 unspecified atom stereocenters. The van der Waals surface area contributed by atoms with Crippen LogP contribution in [0.25, 0.3) is 0 Å². The number of pyridine rings is 1. The highest BCUT2D eigenvalue weighted by molar-refractivity contribution is 6.01. The minimum Gasteiger partial charge on any atom is -0.353 e. The molecule has 0 saturated carbocycles. The van der Waals surface area contributed by atoms with Crippen LogP contribution < -0.4 is 10.2 Å². The molecule has 1 N–H and O–H groups in total. The third-order valence-electron chi connectivity index (χ3n) is 4.86. The van der Waals surface area contributed by atoms with E-state index < -0.39 is 0 Å². The van der Waals surface area contributed by atoms with Crippen LogP contribution in [0.3, 0.4) is 0 Å². The Balaban J connectivity index is 1.47. The van der Waals surface area contributed by atoms with Gasteiger partial charge in [-0.2, -0.15) is 0 Å². The molecule has 1 aromatic carbocycles. The Morgan fingerprint density at radius 1 is 1.04 bits per heavy atom. The highest BCUT2D eigenvalue weighted by Gasteiger charge is 2.34. The Labute approximate surface area is 146 Å². The number of rotatable bonds is 2. The molecule has 2 aromatic rings. The second-order valence-corrected chi connectivity index (χ2v) is 6.39. The first-order valence-corrected chi connectivity index (χ1v) is 8.56. The number of hydrogen-bond acceptors (Lipinski definition) is 4.